The van der Waals surface area contributed by atoms with Gasteiger partial charge in [0.1, 0.15) is 5.75 Å². The van der Waals surface area contributed by atoms with E-state index in [2.05, 4.69) is 28.7 Å². The second-order valence-corrected chi connectivity index (χ2v) is 5.08. The van der Waals surface area contributed by atoms with E-state index in [0.717, 1.165) is 18.5 Å². The molecule has 1 aromatic heterocycles. The number of aromatic hydroxyl groups is 1. The molecule has 14 heavy (non-hydrogen) atoms. The first-order chi connectivity index (χ1) is 6.72. The van der Waals surface area contributed by atoms with Crippen molar-refractivity contribution in [1.82, 2.24) is 0 Å². The molecule has 0 amide bonds. The van der Waals surface area contributed by atoms with Gasteiger partial charge in [-0.15, -0.1) is 11.3 Å². The van der Waals surface area contributed by atoms with E-state index in [1.54, 1.807) is 17.4 Å². The van der Waals surface area contributed by atoms with E-state index in [1.165, 1.54) is 0 Å². The number of rotatable bonds is 1. The standard InChI is InChI=1S/C10H6INOS/c11-9-8(13)2-1-6-5-7(3-4-12)14-10(6)9/h1-2,5,13H,3H2. The minimum absolute atomic E-state index is 0.309. The van der Waals surface area contributed by atoms with Crippen LogP contribution in [-0.2, 0) is 6.42 Å². The fraction of sp³-hybridized carbons (Fsp3) is 0.100. The van der Waals surface area contributed by atoms with Crippen molar-refractivity contribution in [3.63, 3.8) is 0 Å². The van der Waals surface area contributed by atoms with Gasteiger partial charge in [-0.1, -0.05) is 0 Å². The molecule has 0 unspecified atom stereocenters. The maximum Gasteiger partial charge on any atom is 0.130 e. The Bertz CT molecular complexity index is 527. The normalized spacial score (nSPS) is 10.3. The van der Waals surface area contributed by atoms with Gasteiger partial charge >= 0.3 is 0 Å². The highest BCUT2D eigenvalue weighted by Gasteiger charge is 2.07. The van der Waals surface area contributed by atoms with Crippen LogP contribution in [0, 0.1) is 14.9 Å². The van der Waals surface area contributed by atoms with Gasteiger partial charge in [-0.3, -0.25) is 0 Å². The van der Waals surface area contributed by atoms with Crippen LogP contribution in [0.4, 0.5) is 0 Å². The Balaban J connectivity index is 2.66. The van der Waals surface area contributed by atoms with E-state index in [9.17, 15) is 5.11 Å². The average molecular weight is 315 g/mol. The smallest absolute Gasteiger partial charge is 0.130 e. The second-order valence-electron chi connectivity index (χ2n) is 2.86. The Kier molecular flexibility index (Phi) is 2.61. The molecule has 0 aliphatic carbocycles. The summed E-state index contributed by atoms with van der Waals surface area (Å²) < 4.78 is 1.94. The molecule has 2 rings (SSSR count). The third-order valence-corrected chi connectivity index (χ3v) is 4.54. The number of halogens is 1. The summed E-state index contributed by atoms with van der Waals surface area (Å²) in [5, 5.41) is 19.2. The van der Waals surface area contributed by atoms with Crippen molar-refractivity contribution < 1.29 is 5.11 Å². The Morgan fingerprint density at radius 3 is 3.00 bits per heavy atom. The van der Waals surface area contributed by atoms with Crippen molar-refractivity contribution in [2.45, 2.75) is 6.42 Å². The number of fused-ring (bicyclic) bond motifs is 1. The fourth-order valence-electron chi connectivity index (χ4n) is 1.28. The second kappa shape index (κ2) is 3.75. The fourth-order valence-corrected chi connectivity index (χ4v) is 3.12. The van der Waals surface area contributed by atoms with Crippen LogP contribution in [0.25, 0.3) is 10.1 Å². The predicted molar refractivity (Wildman–Crippen MR) is 65.5 cm³/mol. The number of phenols is 1. The number of hydrogen-bond donors (Lipinski definition) is 1. The minimum Gasteiger partial charge on any atom is -0.507 e. The van der Waals surface area contributed by atoms with Crippen molar-refractivity contribution in [3.8, 4) is 11.8 Å². The zero-order chi connectivity index (χ0) is 10.1. The summed E-state index contributed by atoms with van der Waals surface area (Å²) >= 11 is 3.69. The van der Waals surface area contributed by atoms with Crippen molar-refractivity contribution in [3.05, 3.63) is 26.6 Å². The molecular formula is C10H6INOS. The largest absolute Gasteiger partial charge is 0.507 e. The molecule has 70 valence electrons. The first-order valence-electron chi connectivity index (χ1n) is 3.99. The highest BCUT2D eigenvalue weighted by Crippen LogP contribution is 2.34. The third kappa shape index (κ3) is 1.57. The zero-order valence-corrected chi connectivity index (χ0v) is 10.1. The number of nitriles is 1. The monoisotopic (exact) mass is 315 g/mol. The number of benzene rings is 1. The van der Waals surface area contributed by atoms with E-state index >= 15 is 0 Å². The molecule has 0 spiro atoms. The van der Waals surface area contributed by atoms with E-state index in [0.29, 0.717) is 12.2 Å². The summed E-state index contributed by atoms with van der Waals surface area (Å²) in [4.78, 5) is 1.05. The molecule has 0 radical (unpaired) electrons. The van der Waals surface area contributed by atoms with Gasteiger partial charge in [0.2, 0.25) is 0 Å². The van der Waals surface area contributed by atoms with E-state index in [-0.39, 0.29) is 0 Å². The lowest BCUT2D eigenvalue weighted by Crippen LogP contribution is -1.71. The van der Waals surface area contributed by atoms with Gasteiger partial charge in [0.05, 0.1) is 20.8 Å². The van der Waals surface area contributed by atoms with Gasteiger partial charge in [0.15, 0.2) is 0 Å². The van der Waals surface area contributed by atoms with Crippen LogP contribution in [0.5, 0.6) is 5.75 Å². The van der Waals surface area contributed by atoms with Crippen LogP contribution in [0.1, 0.15) is 4.88 Å². The lowest BCUT2D eigenvalue weighted by atomic mass is 10.2. The topological polar surface area (TPSA) is 44.0 Å². The Hall–Kier alpha value is -0.800. The van der Waals surface area contributed by atoms with Gasteiger partial charge < -0.3 is 5.11 Å². The highest BCUT2D eigenvalue weighted by molar-refractivity contribution is 14.1. The van der Waals surface area contributed by atoms with Crippen LogP contribution in [0.3, 0.4) is 0 Å². The number of nitrogens with zero attached hydrogens (tertiary/aromatic N) is 1. The number of hydrogen-bond acceptors (Lipinski definition) is 3. The Morgan fingerprint density at radius 1 is 1.50 bits per heavy atom. The van der Waals surface area contributed by atoms with E-state index < -0.39 is 0 Å². The summed E-state index contributed by atoms with van der Waals surface area (Å²) in [5.74, 6) is 0.309. The maximum absolute atomic E-state index is 9.49. The lowest BCUT2D eigenvalue weighted by molar-refractivity contribution is 0.472. The Morgan fingerprint density at radius 2 is 2.29 bits per heavy atom. The van der Waals surface area contributed by atoms with E-state index in [4.69, 9.17) is 5.26 Å². The third-order valence-electron chi connectivity index (χ3n) is 1.91. The predicted octanol–water partition coefficient (Wildman–Crippen LogP) is 3.28. The molecule has 0 aliphatic heterocycles. The maximum atomic E-state index is 9.49. The quantitative estimate of drug-likeness (QED) is 0.821. The Labute approximate surface area is 98.9 Å². The molecule has 4 heteroatoms. The molecule has 0 aliphatic rings. The van der Waals surface area contributed by atoms with Gasteiger partial charge in [0, 0.05) is 4.88 Å². The average Bonchev–Trinajstić information content (AvgIpc) is 2.56. The molecule has 1 N–H and O–H groups in total. The van der Waals surface area contributed by atoms with Gasteiger partial charge in [-0.05, 0) is 46.2 Å². The van der Waals surface area contributed by atoms with Crippen LogP contribution >= 0.6 is 33.9 Å². The van der Waals surface area contributed by atoms with Crippen molar-refractivity contribution in [2.75, 3.05) is 0 Å². The molecule has 1 aromatic carbocycles. The lowest BCUT2D eigenvalue weighted by Gasteiger charge is -1.96. The van der Waals surface area contributed by atoms with Gasteiger partial charge in [-0.25, -0.2) is 0 Å². The minimum atomic E-state index is 0.309. The SMILES string of the molecule is N#CCc1cc2ccc(O)c(I)c2s1. The van der Waals surface area contributed by atoms with Crippen LogP contribution < -0.4 is 0 Å². The molecule has 0 fully saturated rings. The summed E-state index contributed by atoms with van der Waals surface area (Å²) in [5.41, 5.74) is 0. The first kappa shape index (κ1) is 9.74. The van der Waals surface area contributed by atoms with Crippen molar-refractivity contribution in [1.29, 1.82) is 5.26 Å². The molecule has 2 nitrogen and oxygen atoms in total. The molecule has 1 heterocycles. The molecule has 0 saturated carbocycles. The molecule has 0 atom stereocenters. The van der Waals surface area contributed by atoms with Crippen LogP contribution in [0.2, 0.25) is 0 Å². The highest BCUT2D eigenvalue weighted by atomic mass is 127. The summed E-state index contributed by atoms with van der Waals surface area (Å²) in [7, 11) is 0. The summed E-state index contributed by atoms with van der Waals surface area (Å²) in [6.45, 7) is 0. The summed E-state index contributed by atoms with van der Waals surface area (Å²) in [6.07, 6.45) is 0.441. The van der Waals surface area contributed by atoms with E-state index in [1.807, 2.05) is 12.1 Å². The van der Waals surface area contributed by atoms with Gasteiger partial charge in [0.25, 0.3) is 0 Å². The molecular weight excluding hydrogens is 309 g/mol. The van der Waals surface area contributed by atoms with Crippen molar-refractivity contribution >= 4 is 44.0 Å². The molecule has 2 aromatic rings. The molecule has 0 bridgehead atoms. The summed E-state index contributed by atoms with van der Waals surface area (Å²) in [6, 6.07) is 7.70. The zero-order valence-electron chi connectivity index (χ0n) is 7.12. The number of phenolic OH excluding ortho intramolecular Hbond substituents is 1. The van der Waals surface area contributed by atoms with Crippen molar-refractivity contribution in [2.24, 2.45) is 0 Å². The van der Waals surface area contributed by atoms with Gasteiger partial charge in [-0.2, -0.15) is 5.26 Å². The molecule has 0 saturated heterocycles. The van der Waals surface area contributed by atoms with Crippen LogP contribution in [0.15, 0.2) is 18.2 Å². The number of thiophene rings is 1. The van der Waals surface area contributed by atoms with Crippen LogP contribution in [-0.4, -0.2) is 5.11 Å². The first-order valence-corrected chi connectivity index (χ1v) is 5.88.